The number of rotatable bonds is 4. The summed E-state index contributed by atoms with van der Waals surface area (Å²) >= 11 is 0. The molecule has 0 saturated heterocycles. The maximum atomic E-state index is 13.1. The minimum Gasteiger partial charge on any atom is -0.384 e. The van der Waals surface area contributed by atoms with E-state index < -0.39 is 6.17 Å². The van der Waals surface area contributed by atoms with Crippen molar-refractivity contribution in [3.05, 3.63) is 53.5 Å². The minimum absolute atomic E-state index is 0.293. The van der Waals surface area contributed by atoms with Gasteiger partial charge in [-0.25, -0.2) is 9.37 Å². The first kappa shape index (κ1) is 16.2. The molecule has 1 aliphatic rings. The van der Waals surface area contributed by atoms with E-state index >= 15 is 0 Å². The van der Waals surface area contributed by atoms with Gasteiger partial charge in [0.1, 0.15) is 12.0 Å². The van der Waals surface area contributed by atoms with Gasteiger partial charge in [0.25, 0.3) is 5.91 Å². The molecule has 1 aromatic carbocycles. The number of hydrogen-bond donors (Lipinski definition) is 2. The van der Waals surface area contributed by atoms with Crippen LogP contribution >= 0.6 is 0 Å². The van der Waals surface area contributed by atoms with Crippen LogP contribution in [-0.2, 0) is 0 Å². The summed E-state index contributed by atoms with van der Waals surface area (Å²) in [5, 5.41) is 6.75. The second kappa shape index (κ2) is 6.21. The number of carbonyl (C=O) groups is 1. The fourth-order valence-electron chi connectivity index (χ4n) is 2.55. The first-order valence-electron chi connectivity index (χ1n) is 8.13. The Hall–Kier alpha value is -3.29. The highest BCUT2D eigenvalue weighted by molar-refractivity contribution is 6.04. The number of nitrogen functional groups attached to an aromatic ring is 1. The Morgan fingerprint density at radius 1 is 1.35 bits per heavy atom. The van der Waals surface area contributed by atoms with E-state index in [4.69, 9.17) is 10.3 Å². The molecule has 1 saturated carbocycles. The average Bonchev–Trinajstić information content (AvgIpc) is 3.16. The highest BCUT2D eigenvalue weighted by Gasteiger charge is 2.43. The van der Waals surface area contributed by atoms with Crippen LogP contribution in [0, 0.1) is 6.92 Å². The molecule has 8 heteroatoms. The zero-order valence-electron chi connectivity index (χ0n) is 13.9. The van der Waals surface area contributed by atoms with Crippen molar-refractivity contribution < 1.29 is 13.7 Å². The summed E-state index contributed by atoms with van der Waals surface area (Å²) in [6, 6.07) is 8.59. The molecule has 2 heterocycles. The fourth-order valence-corrected chi connectivity index (χ4v) is 2.55. The van der Waals surface area contributed by atoms with Gasteiger partial charge in [0, 0.05) is 17.4 Å². The molecule has 0 aliphatic heterocycles. The van der Waals surface area contributed by atoms with Crippen LogP contribution in [-0.4, -0.2) is 27.2 Å². The topological polar surface area (TPSA) is 107 Å². The zero-order chi connectivity index (χ0) is 18.3. The van der Waals surface area contributed by atoms with Crippen molar-refractivity contribution in [2.45, 2.75) is 25.4 Å². The van der Waals surface area contributed by atoms with Crippen LogP contribution in [0.15, 0.2) is 41.1 Å². The van der Waals surface area contributed by atoms with E-state index in [1.54, 1.807) is 18.2 Å². The number of benzene rings is 1. The number of nitrogens with one attached hydrogen (secondary N) is 1. The Morgan fingerprint density at radius 3 is 2.85 bits per heavy atom. The second-order valence-corrected chi connectivity index (χ2v) is 6.27. The average molecular weight is 353 g/mol. The molecule has 1 aliphatic carbocycles. The molecule has 1 fully saturated rings. The van der Waals surface area contributed by atoms with Crippen molar-refractivity contribution >= 4 is 17.4 Å². The van der Waals surface area contributed by atoms with E-state index in [2.05, 4.69) is 20.4 Å². The fraction of sp³-hybridized carbons (Fsp3) is 0.222. The van der Waals surface area contributed by atoms with E-state index in [0.717, 1.165) is 5.56 Å². The maximum absolute atomic E-state index is 13.1. The summed E-state index contributed by atoms with van der Waals surface area (Å²) in [7, 11) is 0. The first-order valence-corrected chi connectivity index (χ1v) is 8.13. The maximum Gasteiger partial charge on any atom is 0.257 e. The quantitative estimate of drug-likeness (QED) is 0.746. The summed E-state index contributed by atoms with van der Waals surface area (Å²) in [6.45, 7) is 1.88. The predicted octanol–water partition coefficient (Wildman–Crippen LogP) is 3.10. The van der Waals surface area contributed by atoms with Gasteiger partial charge in [0.05, 0.1) is 11.5 Å². The Kier molecular flexibility index (Phi) is 3.87. The number of amides is 1. The SMILES string of the molecule is Cc1ccc(-c2noc([C@H]3C[C@@H]3F)n2)cc1NC(=O)c1ccc(N)nc1. The van der Waals surface area contributed by atoms with Crippen molar-refractivity contribution in [1.82, 2.24) is 15.1 Å². The standard InChI is InChI=1S/C18H16FN5O2/c1-9-2-3-10(16-23-18(26-24-16)12-7-13(12)19)6-14(9)22-17(25)11-4-5-15(20)21-8-11/h2-6,8,12-13H,7H2,1H3,(H2,20,21)(H,22,25)/t12-,13-/m0/s1. The highest BCUT2D eigenvalue weighted by atomic mass is 19.1. The van der Waals surface area contributed by atoms with E-state index in [-0.39, 0.29) is 11.8 Å². The third-order valence-electron chi connectivity index (χ3n) is 4.26. The molecule has 3 aromatic rings. The molecule has 26 heavy (non-hydrogen) atoms. The lowest BCUT2D eigenvalue weighted by Crippen LogP contribution is -2.13. The van der Waals surface area contributed by atoms with E-state index in [1.807, 2.05) is 19.1 Å². The normalized spacial score (nSPS) is 18.5. The van der Waals surface area contributed by atoms with Gasteiger partial charge < -0.3 is 15.6 Å². The number of anilines is 2. The first-order chi connectivity index (χ1) is 12.5. The lowest BCUT2D eigenvalue weighted by atomic mass is 10.1. The molecule has 1 amide bonds. The summed E-state index contributed by atoms with van der Waals surface area (Å²) < 4.78 is 18.3. The van der Waals surface area contributed by atoms with Gasteiger partial charge in [-0.3, -0.25) is 4.79 Å². The lowest BCUT2D eigenvalue weighted by Gasteiger charge is -2.09. The van der Waals surface area contributed by atoms with Gasteiger partial charge in [0.15, 0.2) is 0 Å². The Morgan fingerprint density at radius 2 is 2.15 bits per heavy atom. The Labute approximate surface area is 148 Å². The van der Waals surface area contributed by atoms with Crippen LogP contribution < -0.4 is 11.1 Å². The third kappa shape index (κ3) is 3.13. The number of nitrogens with two attached hydrogens (primary N) is 1. The van der Waals surface area contributed by atoms with E-state index in [1.165, 1.54) is 6.20 Å². The molecule has 4 rings (SSSR count). The highest BCUT2D eigenvalue weighted by Crippen LogP contribution is 2.43. The molecule has 0 unspecified atom stereocenters. The second-order valence-electron chi connectivity index (χ2n) is 6.27. The molecule has 0 bridgehead atoms. The van der Waals surface area contributed by atoms with Gasteiger partial charge in [-0.1, -0.05) is 17.3 Å². The molecule has 2 atom stereocenters. The molecule has 132 valence electrons. The van der Waals surface area contributed by atoms with Crippen LogP contribution in [0.3, 0.4) is 0 Å². The van der Waals surface area contributed by atoms with Crippen molar-refractivity contribution in [2.75, 3.05) is 11.1 Å². The molecule has 7 nitrogen and oxygen atoms in total. The molecule has 0 spiro atoms. The largest absolute Gasteiger partial charge is 0.384 e. The van der Waals surface area contributed by atoms with Crippen molar-refractivity contribution in [3.8, 4) is 11.4 Å². The van der Waals surface area contributed by atoms with Crippen LogP contribution in [0.5, 0.6) is 0 Å². The molecule has 3 N–H and O–H groups in total. The van der Waals surface area contributed by atoms with Crippen LogP contribution in [0.4, 0.5) is 15.9 Å². The number of alkyl halides is 1. The molecule has 2 aromatic heterocycles. The van der Waals surface area contributed by atoms with Gasteiger partial charge in [0.2, 0.25) is 11.7 Å². The zero-order valence-corrected chi connectivity index (χ0v) is 13.9. The van der Waals surface area contributed by atoms with Gasteiger partial charge >= 0.3 is 0 Å². The van der Waals surface area contributed by atoms with Gasteiger partial charge in [-0.05, 0) is 37.1 Å². The van der Waals surface area contributed by atoms with Crippen molar-refractivity contribution in [1.29, 1.82) is 0 Å². The number of nitrogens with zero attached hydrogens (tertiary/aromatic N) is 3. The van der Waals surface area contributed by atoms with E-state index in [9.17, 15) is 9.18 Å². The summed E-state index contributed by atoms with van der Waals surface area (Å²) in [6.07, 6.45) is 0.940. The van der Waals surface area contributed by atoms with Crippen LogP contribution in [0.25, 0.3) is 11.4 Å². The molecular weight excluding hydrogens is 337 g/mol. The Bertz CT molecular complexity index is 970. The van der Waals surface area contributed by atoms with Crippen LogP contribution in [0.2, 0.25) is 0 Å². The summed E-state index contributed by atoms with van der Waals surface area (Å²) in [4.78, 5) is 20.6. The van der Waals surface area contributed by atoms with Crippen LogP contribution in [0.1, 0.15) is 34.2 Å². The van der Waals surface area contributed by atoms with E-state index in [0.29, 0.717) is 40.8 Å². The minimum atomic E-state index is -0.898. The summed E-state index contributed by atoms with van der Waals surface area (Å²) in [5.41, 5.74) is 8.10. The number of halogens is 1. The monoisotopic (exact) mass is 353 g/mol. The number of carbonyl (C=O) groups excluding carboxylic acids is 1. The number of hydrogen-bond acceptors (Lipinski definition) is 6. The van der Waals surface area contributed by atoms with Gasteiger partial charge in [-0.2, -0.15) is 4.98 Å². The number of aryl methyl sites for hydroxylation is 1. The van der Waals surface area contributed by atoms with Crippen molar-refractivity contribution in [2.24, 2.45) is 0 Å². The number of pyridine rings is 1. The predicted molar refractivity (Wildman–Crippen MR) is 93.3 cm³/mol. The molecular formula is C18H16FN5O2. The third-order valence-corrected chi connectivity index (χ3v) is 4.26. The Balaban J connectivity index is 1.57. The lowest BCUT2D eigenvalue weighted by molar-refractivity contribution is 0.102. The van der Waals surface area contributed by atoms with Gasteiger partial charge in [-0.15, -0.1) is 0 Å². The number of aromatic nitrogens is 3. The summed E-state index contributed by atoms with van der Waals surface area (Å²) in [5.74, 6) is 0.429. The van der Waals surface area contributed by atoms with Crippen molar-refractivity contribution in [3.63, 3.8) is 0 Å². The molecule has 0 radical (unpaired) electrons. The smallest absolute Gasteiger partial charge is 0.257 e.